The lowest BCUT2D eigenvalue weighted by Gasteiger charge is -2.10. The normalized spacial score (nSPS) is 10.5. The Kier molecular flexibility index (Phi) is 5.14. The first-order valence-electron chi connectivity index (χ1n) is 7.86. The minimum atomic E-state index is -0.503. The SMILES string of the molecule is Cc1cccc(NC(=O)c2cnc(Nc3ccc(F)c(Cl)c3)nc2)c1C. The van der Waals surface area contributed by atoms with Gasteiger partial charge in [-0.2, -0.15) is 0 Å². The average Bonchev–Trinajstić information content (AvgIpc) is 2.63. The number of anilines is 3. The molecular weight excluding hydrogens is 355 g/mol. The minimum Gasteiger partial charge on any atom is -0.324 e. The van der Waals surface area contributed by atoms with Crippen LogP contribution in [0.1, 0.15) is 21.5 Å². The van der Waals surface area contributed by atoms with E-state index >= 15 is 0 Å². The third kappa shape index (κ3) is 3.97. The van der Waals surface area contributed by atoms with Crippen molar-refractivity contribution >= 4 is 34.8 Å². The molecule has 0 unspecified atom stereocenters. The van der Waals surface area contributed by atoms with Crippen LogP contribution in [0.4, 0.5) is 21.7 Å². The molecule has 3 aromatic rings. The molecular formula is C19H16ClFN4O. The molecule has 0 spiro atoms. The average molecular weight is 371 g/mol. The Morgan fingerprint density at radius 2 is 1.85 bits per heavy atom. The smallest absolute Gasteiger partial charge is 0.258 e. The lowest BCUT2D eigenvalue weighted by Crippen LogP contribution is -2.14. The number of halogens is 2. The summed E-state index contributed by atoms with van der Waals surface area (Å²) in [4.78, 5) is 20.6. The van der Waals surface area contributed by atoms with E-state index in [2.05, 4.69) is 20.6 Å². The molecule has 0 bridgehead atoms. The van der Waals surface area contributed by atoms with Crippen molar-refractivity contribution in [1.82, 2.24) is 9.97 Å². The van der Waals surface area contributed by atoms with Gasteiger partial charge >= 0.3 is 0 Å². The molecule has 3 rings (SSSR count). The molecule has 0 radical (unpaired) electrons. The standard InChI is InChI=1S/C19H16ClFN4O/c1-11-4-3-5-17(12(11)2)25-18(26)13-9-22-19(23-10-13)24-14-6-7-16(21)15(20)8-14/h3-10H,1-2H3,(H,25,26)(H,22,23,24). The van der Waals surface area contributed by atoms with Crippen molar-refractivity contribution in [3.05, 3.63) is 76.3 Å². The van der Waals surface area contributed by atoms with Gasteiger partial charge < -0.3 is 10.6 Å². The van der Waals surface area contributed by atoms with Crippen molar-refractivity contribution in [3.8, 4) is 0 Å². The second-order valence-corrected chi connectivity index (χ2v) is 6.16. The number of nitrogens with zero attached hydrogens (tertiary/aromatic N) is 2. The zero-order valence-electron chi connectivity index (χ0n) is 14.2. The highest BCUT2D eigenvalue weighted by atomic mass is 35.5. The van der Waals surface area contributed by atoms with Gasteiger partial charge in [-0.3, -0.25) is 4.79 Å². The van der Waals surface area contributed by atoms with Crippen LogP contribution in [0.5, 0.6) is 0 Å². The first kappa shape index (κ1) is 17.8. The lowest BCUT2D eigenvalue weighted by molar-refractivity contribution is 0.102. The summed E-state index contributed by atoms with van der Waals surface area (Å²) < 4.78 is 13.2. The van der Waals surface area contributed by atoms with Gasteiger partial charge in [-0.1, -0.05) is 23.7 Å². The molecule has 7 heteroatoms. The number of carbonyl (C=O) groups is 1. The minimum absolute atomic E-state index is 0.000442. The Bertz CT molecular complexity index is 960. The van der Waals surface area contributed by atoms with Gasteiger partial charge in [0, 0.05) is 23.8 Å². The van der Waals surface area contributed by atoms with Gasteiger partial charge in [0.2, 0.25) is 5.95 Å². The maximum Gasteiger partial charge on any atom is 0.258 e. The highest BCUT2D eigenvalue weighted by molar-refractivity contribution is 6.31. The maximum absolute atomic E-state index is 13.2. The number of benzene rings is 2. The zero-order valence-corrected chi connectivity index (χ0v) is 14.9. The molecule has 1 aromatic heterocycles. The number of rotatable bonds is 4. The van der Waals surface area contributed by atoms with E-state index in [0.717, 1.165) is 16.8 Å². The van der Waals surface area contributed by atoms with Crippen molar-refractivity contribution in [3.63, 3.8) is 0 Å². The van der Waals surface area contributed by atoms with Crippen LogP contribution in [-0.2, 0) is 0 Å². The van der Waals surface area contributed by atoms with E-state index in [-0.39, 0.29) is 16.9 Å². The number of hydrogen-bond donors (Lipinski definition) is 2. The molecule has 0 fully saturated rings. The van der Waals surface area contributed by atoms with E-state index in [1.165, 1.54) is 30.6 Å². The van der Waals surface area contributed by atoms with Crippen LogP contribution in [-0.4, -0.2) is 15.9 Å². The number of aromatic nitrogens is 2. The quantitative estimate of drug-likeness (QED) is 0.686. The van der Waals surface area contributed by atoms with E-state index in [1.807, 2.05) is 32.0 Å². The summed E-state index contributed by atoms with van der Waals surface area (Å²) in [6.07, 6.45) is 2.84. The highest BCUT2D eigenvalue weighted by Crippen LogP contribution is 2.22. The summed E-state index contributed by atoms with van der Waals surface area (Å²) in [5.41, 5.74) is 3.72. The van der Waals surface area contributed by atoms with E-state index in [4.69, 9.17) is 11.6 Å². The molecule has 0 aliphatic carbocycles. The van der Waals surface area contributed by atoms with E-state index < -0.39 is 5.82 Å². The molecule has 2 N–H and O–H groups in total. The summed E-state index contributed by atoms with van der Waals surface area (Å²) in [5, 5.41) is 5.75. The Labute approximate surface area is 155 Å². The van der Waals surface area contributed by atoms with Crippen LogP contribution < -0.4 is 10.6 Å². The monoisotopic (exact) mass is 370 g/mol. The number of nitrogens with one attached hydrogen (secondary N) is 2. The fourth-order valence-electron chi connectivity index (χ4n) is 2.29. The molecule has 0 aliphatic rings. The lowest BCUT2D eigenvalue weighted by atomic mass is 10.1. The van der Waals surface area contributed by atoms with Crippen LogP contribution in [0.2, 0.25) is 5.02 Å². The first-order chi connectivity index (χ1) is 12.4. The molecule has 1 heterocycles. The van der Waals surface area contributed by atoms with Crippen LogP contribution in [0, 0.1) is 19.7 Å². The van der Waals surface area contributed by atoms with Gasteiger partial charge in [-0.25, -0.2) is 14.4 Å². The Morgan fingerprint density at radius 1 is 1.12 bits per heavy atom. The summed E-state index contributed by atoms with van der Waals surface area (Å²) in [5.74, 6) is -0.525. The molecule has 26 heavy (non-hydrogen) atoms. The van der Waals surface area contributed by atoms with Crippen LogP contribution in [0.15, 0.2) is 48.8 Å². The van der Waals surface area contributed by atoms with Gasteiger partial charge in [-0.15, -0.1) is 0 Å². The van der Waals surface area contributed by atoms with Crippen molar-refractivity contribution in [1.29, 1.82) is 0 Å². The van der Waals surface area contributed by atoms with Crippen molar-refractivity contribution < 1.29 is 9.18 Å². The van der Waals surface area contributed by atoms with Crippen LogP contribution in [0.25, 0.3) is 0 Å². The zero-order chi connectivity index (χ0) is 18.7. The second kappa shape index (κ2) is 7.49. The molecule has 1 amide bonds. The largest absolute Gasteiger partial charge is 0.324 e. The van der Waals surface area contributed by atoms with Gasteiger partial charge in [0.25, 0.3) is 5.91 Å². The maximum atomic E-state index is 13.2. The molecule has 2 aromatic carbocycles. The number of amides is 1. The van der Waals surface area contributed by atoms with Crippen molar-refractivity contribution in [2.24, 2.45) is 0 Å². The van der Waals surface area contributed by atoms with E-state index in [1.54, 1.807) is 0 Å². The molecule has 132 valence electrons. The second-order valence-electron chi connectivity index (χ2n) is 5.75. The predicted octanol–water partition coefficient (Wildman–Crippen LogP) is 4.88. The van der Waals surface area contributed by atoms with Crippen molar-refractivity contribution in [2.45, 2.75) is 13.8 Å². The van der Waals surface area contributed by atoms with E-state index in [0.29, 0.717) is 11.3 Å². The highest BCUT2D eigenvalue weighted by Gasteiger charge is 2.10. The third-order valence-corrected chi connectivity index (χ3v) is 4.23. The van der Waals surface area contributed by atoms with Gasteiger partial charge in [-0.05, 0) is 49.2 Å². The van der Waals surface area contributed by atoms with E-state index in [9.17, 15) is 9.18 Å². The summed E-state index contributed by atoms with van der Waals surface area (Å²) in [7, 11) is 0. The topological polar surface area (TPSA) is 66.9 Å². The van der Waals surface area contributed by atoms with Crippen molar-refractivity contribution in [2.75, 3.05) is 10.6 Å². The molecule has 0 saturated carbocycles. The third-order valence-electron chi connectivity index (χ3n) is 3.94. The van der Waals surface area contributed by atoms with Crippen LogP contribution >= 0.6 is 11.6 Å². The molecule has 0 atom stereocenters. The van der Waals surface area contributed by atoms with Gasteiger partial charge in [0.15, 0.2) is 0 Å². The Balaban J connectivity index is 1.71. The Morgan fingerprint density at radius 3 is 2.54 bits per heavy atom. The fraction of sp³-hybridized carbons (Fsp3) is 0.105. The van der Waals surface area contributed by atoms with Gasteiger partial charge in [0.05, 0.1) is 10.6 Å². The molecule has 0 aliphatic heterocycles. The fourth-order valence-corrected chi connectivity index (χ4v) is 2.47. The van der Waals surface area contributed by atoms with Crippen LogP contribution in [0.3, 0.4) is 0 Å². The van der Waals surface area contributed by atoms with Gasteiger partial charge in [0.1, 0.15) is 5.82 Å². The summed E-state index contributed by atoms with van der Waals surface area (Å²) in [6, 6.07) is 9.91. The Hall–Kier alpha value is -2.99. The number of carbonyl (C=O) groups excluding carboxylic acids is 1. The number of hydrogen-bond acceptors (Lipinski definition) is 4. The summed E-state index contributed by atoms with van der Waals surface area (Å²) >= 11 is 5.74. The first-order valence-corrected chi connectivity index (χ1v) is 8.23. The molecule has 0 saturated heterocycles. The summed E-state index contributed by atoms with van der Waals surface area (Å²) in [6.45, 7) is 3.93. The predicted molar refractivity (Wildman–Crippen MR) is 101 cm³/mol. The molecule has 5 nitrogen and oxygen atoms in total. The number of aryl methyl sites for hydroxylation is 1.